The predicted molar refractivity (Wildman–Crippen MR) is 61.3 cm³/mol. The van der Waals surface area contributed by atoms with E-state index >= 15 is 0 Å². The van der Waals surface area contributed by atoms with Gasteiger partial charge in [-0.15, -0.1) is 0 Å². The molecule has 0 radical (unpaired) electrons. The highest BCUT2D eigenvalue weighted by Crippen LogP contribution is 1.92. The Morgan fingerprint density at radius 2 is 2.06 bits per heavy atom. The maximum Gasteiger partial charge on any atom is 0.261 e. The molecule has 0 aromatic heterocycles. The summed E-state index contributed by atoms with van der Waals surface area (Å²) >= 11 is 3.91. The molecular weight excluding hydrogens is 254 g/mol. The highest BCUT2D eigenvalue weighted by Gasteiger charge is 2.16. The van der Waals surface area contributed by atoms with Gasteiger partial charge in [-0.1, -0.05) is 0 Å². The van der Waals surface area contributed by atoms with Crippen LogP contribution in [0.15, 0.2) is 0 Å². The van der Waals surface area contributed by atoms with Gasteiger partial charge in [0.15, 0.2) is 0 Å². The van der Waals surface area contributed by atoms with Crippen molar-refractivity contribution in [3.8, 4) is 0 Å². The van der Waals surface area contributed by atoms with E-state index in [-0.39, 0.29) is 24.8 Å². The second-order valence-electron chi connectivity index (χ2n) is 3.19. The van der Waals surface area contributed by atoms with Crippen molar-refractivity contribution in [2.45, 2.75) is 19.4 Å². The molecule has 17 heavy (non-hydrogen) atoms. The number of thiol groups is 1. The van der Waals surface area contributed by atoms with Crippen molar-refractivity contribution in [2.24, 2.45) is 0 Å². The van der Waals surface area contributed by atoms with Crippen LogP contribution in [0.2, 0.25) is 0 Å². The zero-order valence-corrected chi connectivity index (χ0v) is 10.3. The molecule has 1 atom stereocenters. The summed E-state index contributed by atoms with van der Waals surface area (Å²) in [5, 5.41) is 4.84. The summed E-state index contributed by atoms with van der Waals surface area (Å²) in [6, 6.07) is -0.731. The quantitative estimate of drug-likeness (QED) is 0.423. The highest BCUT2D eigenvalue weighted by molar-refractivity contribution is 7.80. The number of carbonyl (C=O) groups excluding carboxylic acids is 2. The minimum absolute atomic E-state index is 0.00452. The van der Waals surface area contributed by atoms with E-state index < -0.39 is 25.0 Å². The van der Waals surface area contributed by atoms with Gasteiger partial charge < -0.3 is 15.4 Å². The van der Waals surface area contributed by atoms with Crippen molar-refractivity contribution in [3.05, 3.63) is 0 Å². The van der Waals surface area contributed by atoms with Crippen LogP contribution in [0.5, 0.6) is 0 Å². The number of hydrogen-bond acceptors (Lipinski definition) is 4. The molecule has 2 amide bonds. The molecule has 0 saturated carbocycles. The fraction of sp³-hybridized carbons (Fsp3) is 0.778. The monoisotopic (exact) mass is 270 g/mol. The molecule has 0 aliphatic carbocycles. The van der Waals surface area contributed by atoms with Crippen LogP contribution in [0.4, 0.5) is 8.78 Å². The van der Waals surface area contributed by atoms with E-state index in [2.05, 4.69) is 28.0 Å². The third kappa shape index (κ3) is 8.87. The fourth-order valence-electron chi connectivity index (χ4n) is 0.981. The predicted octanol–water partition coefficient (Wildman–Crippen LogP) is -0.181. The van der Waals surface area contributed by atoms with Gasteiger partial charge in [0.2, 0.25) is 11.8 Å². The number of alkyl halides is 2. The summed E-state index contributed by atoms with van der Waals surface area (Å²) in [4.78, 5) is 22.2. The number of halogens is 2. The smallest absolute Gasteiger partial charge is 0.261 e. The molecule has 0 aliphatic rings. The van der Waals surface area contributed by atoms with Gasteiger partial charge in [0.1, 0.15) is 12.6 Å². The Morgan fingerprint density at radius 1 is 1.41 bits per heavy atom. The van der Waals surface area contributed by atoms with Gasteiger partial charge in [0, 0.05) is 19.2 Å². The van der Waals surface area contributed by atoms with Crippen molar-refractivity contribution >= 4 is 24.4 Å². The number of amides is 2. The van der Waals surface area contributed by atoms with E-state index in [0.29, 0.717) is 0 Å². The van der Waals surface area contributed by atoms with E-state index in [4.69, 9.17) is 0 Å². The maximum atomic E-state index is 11.7. The Balaban J connectivity index is 3.72. The molecule has 0 bridgehead atoms. The molecule has 8 heteroatoms. The van der Waals surface area contributed by atoms with Gasteiger partial charge in [-0.05, 0) is 0 Å². The van der Waals surface area contributed by atoms with Crippen molar-refractivity contribution in [1.82, 2.24) is 10.6 Å². The average molecular weight is 270 g/mol. The van der Waals surface area contributed by atoms with Crippen LogP contribution in [-0.4, -0.2) is 49.8 Å². The van der Waals surface area contributed by atoms with Gasteiger partial charge in [0.25, 0.3) is 6.43 Å². The first kappa shape index (κ1) is 16.1. The topological polar surface area (TPSA) is 67.4 Å². The largest absolute Gasteiger partial charge is 0.374 e. The van der Waals surface area contributed by atoms with Crippen molar-refractivity contribution in [3.63, 3.8) is 0 Å². The third-order valence-corrected chi connectivity index (χ3v) is 2.03. The molecule has 0 spiro atoms. The first-order chi connectivity index (χ1) is 7.97. The average Bonchev–Trinajstić information content (AvgIpc) is 2.24. The van der Waals surface area contributed by atoms with Gasteiger partial charge in [0.05, 0.1) is 6.61 Å². The molecule has 0 saturated heterocycles. The zero-order chi connectivity index (χ0) is 13.3. The van der Waals surface area contributed by atoms with E-state index in [0.717, 1.165) is 0 Å². The first-order valence-corrected chi connectivity index (χ1v) is 5.62. The van der Waals surface area contributed by atoms with Crippen LogP contribution < -0.4 is 10.6 Å². The van der Waals surface area contributed by atoms with Crippen LogP contribution in [0.25, 0.3) is 0 Å². The molecule has 0 aromatic carbocycles. The van der Waals surface area contributed by atoms with E-state index in [9.17, 15) is 18.4 Å². The van der Waals surface area contributed by atoms with Crippen LogP contribution in [0.3, 0.4) is 0 Å². The summed E-state index contributed by atoms with van der Waals surface area (Å²) in [5.74, 6) is -0.604. The van der Waals surface area contributed by atoms with Gasteiger partial charge in [-0.2, -0.15) is 12.6 Å². The third-order valence-electron chi connectivity index (χ3n) is 1.67. The molecule has 0 heterocycles. The molecule has 0 aliphatic heterocycles. The Morgan fingerprint density at radius 3 is 2.53 bits per heavy atom. The fourth-order valence-corrected chi connectivity index (χ4v) is 1.24. The lowest BCUT2D eigenvalue weighted by atomic mass is 10.3. The molecule has 0 rings (SSSR count). The normalized spacial score (nSPS) is 12.3. The van der Waals surface area contributed by atoms with Crippen molar-refractivity contribution < 1.29 is 23.1 Å². The van der Waals surface area contributed by atoms with Crippen LogP contribution in [0.1, 0.15) is 6.92 Å². The van der Waals surface area contributed by atoms with Gasteiger partial charge in [-0.3, -0.25) is 9.59 Å². The molecule has 0 aromatic rings. The Kier molecular flexibility index (Phi) is 8.69. The molecule has 0 fully saturated rings. The second kappa shape index (κ2) is 9.17. The molecule has 100 valence electrons. The summed E-state index contributed by atoms with van der Waals surface area (Å²) in [6.07, 6.45) is -2.52. The highest BCUT2D eigenvalue weighted by atomic mass is 32.1. The van der Waals surface area contributed by atoms with E-state index in [1.807, 2.05) is 0 Å². The Labute approximate surface area is 104 Å². The first-order valence-electron chi connectivity index (χ1n) is 4.99. The lowest BCUT2D eigenvalue weighted by molar-refractivity contribution is -0.127. The van der Waals surface area contributed by atoms with Crippen LogP contribution in [0, 0.1) is 0 Å². The van der Waals surface area contributed by atoms with E-state index in [1.54, 1.807) is 0 Å². The summed E-state index contributed by atoms with van der Waals surface area (Å²) in [5.41, 5.74) is 0. The Hall–Kier alpha value is -0.890. The minimum atomic E-state index is -2.52. The standard InChI is InChI=1S/C9H16F2N2O3S/c1-6(14)13-7(5-17)9(15)12-2-3-16-4-8(10)11/h7-8,17H,2-5H2,1H3,(H,12,15)(H,13,14). The van der Waals surface area contributed by atoms with Gasteiger partial charge in [-0.25, -0.2) is 8.78 Å². The summed E-state index contributed by atoms with van der Waals surface area (Å²) in [6.45, 7) is 0.734. The molecule has 5 nitrogen and oxygen atoms in total. The lowest BCUT2D eigenvalue weighted by Crippen LogP contribution is -2.48. The minimum Gasteiger partial charge on any atom is -0.374 e. The number of nitrogens with one attached hydrogen (secondary N) is 2. The van der Waals surface area contributed by atoms with E-state index in [1.165, 1.54) is 6.92 Å². The van der Waals surface area contributed by atoms with Crippen LogP contribution >= 0.6 is 12.6 Å². The SMILES string of the molecule is CC(=O)NC(CS)C(=O)NCCOCC(F)F. The maximum absolute atomic E-state index is 11.7. The lowest BCUT2D eigenvalue weighted by Gasteiger charge is -2.15. The number of ether oxygens (including phenoxy) is 1. The number of rotatable bonds is 8. The number of hydrogen-bond donors (Lipinski definition) is 3. The van der Waals surface area contributed by atoms with Crippen molar-refractivity contribution in [2.75, 3.05) is 25.5 Å². The second-order valence-corrected chi connectivity index (χ2v) is 3.56. The molecule has 1 unspecified atom stereocenters. The van der Waals surface area contributed by atoms with Gasteiger partial charge >= 0.3 is 0 Å². The molecular formula is C9H16F2N2O3S. The molecule has 2 N–H and O–H groups in total. The number of carbonyl (C=O) groups is 2. The summed E-state index contributed by atoms with van der Waals surface area (Å²) in [7, 11) is 0. The van der Waals surface area contributed by atoms with Crippen molar-refractivity contribution in [1.29, 1.82) is 0 Å². The summed E-state index contributed by atoms with van der Waals surface area (Å²) < 4.78 is 27.9. The Bertz CT molecular complexity index is 254. The van der Waals surface area contributed by atoms with Crippen LogP contribution in [-0.2, 0) is 14.3 Å². The zero-order valence-electron chi connectivity index (χ0n) is 9.41.